The van der Waals surface area contributed by atoms with Gasteiger partial charge in [0.25, 0.3) is 0 Å². The van der Waals surface area contributed by atoms with Crippen LogP contribution in [0.1, 0.15) is 36.8 Å². The fourth-order valence-corrected chi connectivity index (χ4v) is 3.72. The van der Waals surface area contributed by atoms with E-state index in [1.165, 1.54) is 23.8 Å². The van der Waals surface area contributed by atoms with E-state index in [0.717, 1.165) is 25.1 Å². The Morgan fingerprint density at radius 2 is 2.24 bits per heavy atom. The van der Waals surface area contributed by atoms with Crippen LogP contribution in [-0.4, -0.2) is 11.0 Å². The Morgan fingerprint density at radius 1 is 1.43 bits per heavy atom. The minimum absolute atomic E-state index is 0.305. The van der Waals surface area contributed by atoms with Crippen LogP contribution < -0.4 is 5.32 Å². The zero-order chi connectivity index (χ0) is 14.8. The van der Waals surface area contributed by atoms with Crippen LogP contribution in [0.4, 0.5) is 4.39 Å². The second-order valence-electron chi connectivity index (χ2n) is 5.39. The molecule has 1 heterocycles. The average Bonchev–Trinajstić information content (AvgIpc) is 3.19. The molecule has 1 N–H and O–H groups in total. The standard InChI is InChI=1S/C16H18ClFN2S/c1-2-4-13-14(9-19-10-7-8-10)21-16(20-13)15-11(17)5-3-6-12(15)18/h3,5-6,10,19H,2,4,7-9H2,1H3. The molecule has 1 saturated carbocycles. The van der Waals surface area contributed by atoms with Gasteiger partial charge in [-0.25, -0.2) is 9.37 Å². The largest absolute Gasteiger partial charge is 0.309 e. The normalized spacial score (nSPS) is 14.6. The fraction of sp³-hybridized carbons (Fsp3) is 0.438. The molecule has 0 radical (unpaired) electrons. The van der Waals surface area contributed by atoms with Gasteiger partial charge in [-0.2, -0.15) is 0 Å². The first-order valence-corrected chi connectivity index (χ1v) is 8.54. The van der Waals surface area contributed by atoms with Crippen LogP contribution in [-0.2, 0) is 13.0 Å². The number of rotatable bonds is 6. The predicted molar refractivity (Wildman–Crippen MR) is 86.4 cm³/mol. The molecule has 0 unspecified atom stereocenters. The highest BCUT2D eigenvalue weighted by atomic mass is 35.5. The van der Waals surface area contributed by atoms with Crippen molar-refractivity contribution in [2.45, 2.75) is 45.2 Å². The molecular formula is C16H18ClFN2S. The van der Waals surface area contributed by atoms with Crippen molar-refractivity contribution in [3.63, 3.8) is 0 Å². The van der Waals surface area contributed by atoms with Crippen LogP contribution in [0, 0.1) is 5.82 Å². The zero-order valence-electron chi connectivity index (χ0n) is 12.0. The van der Waals surface area contributed by atoms with Gasteiger partial charge in [-0.05, 0) is 31.4 Å². The SMILES string of the molecule is CCCc1nc(-c2c(F)cccc2Cl)sc1CNC1CC1. The number of hydrogen-bond acceptors (Lipinski definition) is 3. The number of hydrogen-bond donors (Lipinski definition) is 1. The molecule has 0 amide bonds. The maximum absolute atomic E-state index is 14.1. The zero-order valence-corrected chi connectivity index (χ0v) is 13.5. The third-order valence-electron chi connectivity index (χ3n) is 3.57. The van der Waals surface area contributed by atoms with Gasteiger partial charge in [0, 0.05) is 17.5 Å². The molecule has 21 heavy (non-hydrogen) atoms. The molecule has 1 aliphatic carbocycles. The van der Waals surface area contributed by atoms with E-state index in [1.54, 1.807) is 23.5 Å². The number of aryl methyl sites for hydroxylation is 1. The van der Waals surface area contributed by atoms with Crippen molar-refractivity contribution >= 4 is 22.9 Å². The molecule has 0 saturated heterocycles. The maximum atomic E-state index is 14.1. The van der Waals surface area contributed by atoms with Gasteiger partial charge >= 0.3 is 0 Å². The molecule has 3 rings (SSSR count). The van der Waals surface area contributed by atoms with Crippen molar-refractivity contribution in [2.75, 3.05) is 0 Å². The Morgan fingerprint density at radius 3 is 2.90 bits per heavy atom. The third-order valence-corrected chi connectivity index (χ3v) is 5.00. The van der Waals surface area contributed by atoms with E-state index >= 15 is 0 Å². The summed E-state index contributed by atoms with van der Waals surface area (Å²) in [6, 6.07) is 5.42. The Bertz CT molecular complexity index is 617. The highest BCUT2D eigenvalue weighted by Gasteiger charge is 2.22. The molecule has 0 bridgehead atoms. The maximum Gasteiger partial charge on any atom is 0.134 e. The quantitative estimate of drug-likeness (QED) is 0.825. The van der Waals surface area contributed by atoms with E-state index < -0.39 is 0 Å². The molecular weight excluding hydrogens is 307 g/mol. The Balaban J connectivity index is 1.92. The van der Waals surface area contributed by atoms with Crippen molar-refractivity contribution in [2.24, 2.45) is 0 Å². The summed E-state index contributed by atoms with van der Waals surface area (Å²) < 4.78 is 14.1. The summed E-state index contributed by atoms with van der Waals surface area (Å²) in [4.78, 5) is 5.85. The minimum atomic E-state index is -0.305. The summed E-state index contributed by atoms with van der Waals surface area (Å²) in [6.07, 6.45) is 4.47. The molecule has 0 spiro atoms. The number of nitrogens with zero attached hydrogens (tertiary/aromatic N) is 1. The van der Waals surface area contributed by atoms with Crippen molar-refractivity contribution in [1.29, 1.82) is 0 Å². The molecule has 1 aromatic carbocycles. The highest BCUT2D eigenvalue weighted by Crippen LogP contribution is 2.35. The summed E-state index contributed by atoms with van der Waals surface area (Å²) in [5, 5.41) is 4.62. The Hall–Kier alpha value is -0.970. The van der Waals surface area contributed by atoms with Crippen LogP contribution in [0.3, 0.4) is 0 Å². The molecule has 112 valence electrons. The molecule has 0 atom stereocenters. The first kappa shape index (κ1) is 14.9. The molecule has 2 aromatic rings. The number of nitrogens with one attached hydrogen (secondary N) is 1. The minimum Gasteiger partial charge on any atom is -0.309 e. The number of halogens is 2. The van der Waals surface area contributed by atoms with Gasteiger partial charge in [0.15, 0.2) is 0 Å². The second kappa shape index (κ2) is 6.42. The predicted octanol–water partition coefficient (Wildman–Crippen LogP) is 4.81. The summed E-state index contributed by atoms with van der Waals surface area (Å²) in [7, 11) is 0. The average molecular weight is 325 g/mol. The van der Waals surface area contributed by atoms with Gasteiger partial charge in [0.2, 0.25) is 0 Å². The van der Waals surface area contributed by atoms with Gasteiger partial charge in [-0.3, -0.25) is 0 Å². The first-order valence-electron chi connectivity index (χ1n) is 7.35. The van der Waals surface area contributed by atoms with Crippen LogP contribution in [0.5, 0.6) is 0 Å². The van der Waals surface area contributed by atoms with E-state index in [0.29, 0.717) is 21.6 Å². The Labute approximate surface area is 133 Å². The smallest absolute Gasteiger partial charge is 0.134 e. The number of thiazole rings is 1. The molecule has 2 nitrogen and oxygen atoms in total. The first-order chi connectivity index (χ1) is 10.2. The lowest BCUT2D eigenvalue weighted by Crippen LogP contribution is -2.15. The summed E-state index contributed by atoms with van der Waals surface area (Å²) in [5.74, 6) is -0.305. The van der Waals surface area contributed by atoms with Gasteiger partial charge in [0.1, 0.15) is 10.8 Å². The third kappa shape index (κ3) is 3.44. The van der Waals surface area contributed by atoms with E-state index in [-0.39, 0.29) is 5.82 Å². The van der Waals surface area contributed by atoms with E-state index in [2.05, 4.69) is 17.2 Å². The molecule has 1 aromatic heterocycles. The van der Waals surface area contributed by atoms with Crippen LogP contribution in [0.2, 0.25) is 5.02 Å². The summed E-state index contributed by atoms with van der Waals surface area (Å²) >= 11 is 7.70. The highest BCUT2D eigenvalue weighted by molar-refractivity contribution is 7.15. The van der Waals surface area contributed by atoms with Crippen LogP contribution in [0.15, 0.2) is 18.2 Å². The van der Waals surface area contributed by atoms with Crippen molar-refractivity contribution in [1.82, 2.24) is 10.3 Å². The Kier molecular flexibility index (Phi) is 4.57. The van der Waals surface area contributed by atoms with Gasteiger partial charge in [-0.15, -0.1) is 11.3 Å². The summed E-state index contributed by atoms with van der Waals surface area (Å²) in [5.41, 5.74) is 1.50. The van der Waals surface area contributed by atoms with E-state index in [4.69, 9.17) is 11.6 Å². The van der Waals surface area contributed by atoms with Gasteiger partial charge < -0.3 is 5.32 Å². The lowest BCUT2D eigenvalue weighted by molar-refractivity contribution is 0.631. The molecule has 1 aliphatic rings. The fourth-order valence-electron chi connectivity index (χ4n) is 2.29. The van der Waals surface area contributed by atoms with Crippen molar-refractivity contribution in [3.05, 3.63) is 39.6 Å². The van der Waals surface area contributed by atoms with Gasteiger partial charge in [-0.1, -0.05) is 31.0 Å². The van der Waals surface area contributed by atoms with Crippen molar-refractivity contribution < 1.29 is 4.39 Å². The summed E-state index contributed by atoms with van der Waals surface area (Å²) in [6.45, 7) is 2.96. The number of benzene rings is 1. The molecule has 0 aliphatic heterocycles. The van der Waals surface area contributed by atoms with E-state index in [9.17, 15) is 4.39 Å². The lowest BCUT2D eigenvalue weighted by Gasteiger charge is -2.01. The van der Waals surface area contributed by atoms with E-state index in [1.807, 2.05) is 0 Å². The lowest BCUT2D eigenvalue weighted by atomic mass is 10.2. The monoisotopic (exact) mass is 324 g/mol. The topological polar surface area (TPSA) is 24.9 Å². The van der Waals surface area contributed by atoms with Gasteiger partial charge in [0.05, 0.1) is 16.3 Å². The second-order valence-corrected chi connectivity index (χ2v) is 6.88. The van der Waals surface area contributed by atoms with Crippen LogP contribution in [0.25, 0.3) is 10.6 Å². The number of aromatic nitrogens is 1. The molecule has 1 fully saturated rings. The van der Waals surface area contributed by atoms with Crippen molar-refractivity contribution in [3.8, 4) is 10.6 Å². The van der Waals surface area contributed by atoms with Crippen LogP contribution >= 0.6 is 22.9 Å². The molecule has 5 heteroatoms.